The molecule has 0 fully saturated rings. The number of rotatable bonds is 1. The molecule has 1 aromatic rings. The van der Waals surface area contributed by atoms with Crippen LogP contribution in [0.4, 0.5) is 4.39 Å². The van der Waals surface area contributed by atoms with E-state index in [0.29, 0.717) is 11.2 Å². The van der Waals surface area contributed by atoms with Gasteiger partial charge >= 0.3 is 0 Å². The lowest BCUT2D eigenvalue weighted by molar-refractivity contribution is 0.558. The molecule has 0 bridgehead atoms. The predicted octanol–water partition coefficient (Wildman–Crippen LogP) is 2.86. The van der Waals surface area contributed by atoms with Crippen LogP contribution in [0.5, 0.6) is 0 Å². The first-order valence-corrected chi connectivity index (χ1v) is 5.14. The van der Waals surface area contributed by atoms with Crippen LogP contribution in [0.25, 0.3) is 0 Å². The number of fused-ring (bicyclic) bond motifs is 1. The van der Waals surface area contributed by atoms with Crippen LogP contribution >= 0.6 is 12.6 Å². The molecule has 1 aliphatic rings. The fourth-order valence-corrected chi connectivity index (χ4v) is 2.17. The highest BCUT2D eigenvalue weighted by Crippen LogP contribution is 2.30. The van der Waals surface area contributed by atoms with Gasteiger partial charge in [-0.2, -0.15) is 12.6 Å². The number of benzene rings is 1. The van der Waals surface area contributed by atoms with Gasteiger partial charge in [0.05, 0.1) is 0 Å². The van der Waals surface area contributed by atoms with Crippen LogP contribution in [0.2, 0.25) is 0 Å². The van der Waals surface area contributed by atoms with Gasteiger partial charge in [-0.25, -0.2) is 4.39 Å². The molecule has 0 aliphatic heterocycles. The van der Waals surface area contributed by atoms with Crippen molar-refractivity contribution >= 4 is 12.6 Å². The van der Waals surface area contributed by atoms with Crippen molar-refractivity contribution in [1.29, 1.82) is 0 Å². The van der Waals surface area contributed by atoms with E-state index < -0.39 is 0 Å². The second kappa shape index (κ2) is 3.33. The molecular formula is C11H13FS. The molecule has 0 radical (unpaired) electrons. The molecule has 0 nitrogen and oxygen atoms in total. The van der Waals surface area contributed by atoms with E-state index in [1.165, 1.54) is 11.1 Å². The van der Waals surface area contributed by atoms with E-state index in [4.69, 9.17) is 0 Å². The summed E-state index contributed by atoms with van der Waals surface area (Å²) in [5, 5.41) is 0.399. The van der Waals surface area contributed by atoms with Crippen molar-refractivity contribution in [1.82, 2.24) is 0 Å². The van der Waals surface area contributed by atoms with Crippen LogP contribution in [-0.4, -0.2) is 5.25 Å². The molecule has 0 N–H and O–H groups in total. The van der Waals surface area contributed by atoms with Crippen molar-refractivity contribution in [2.75, 3.05) is 0 Å². The van der Waals surface area contributed by atoms with Crippen molar-refractivity contribution in [3.8, 4) is 0 Å². The summed E-state index contributed by atoms with van der Waals surface area (Å²) in [5.41, 5.74) is 2.47. The molecule has 0 saturated carbocycles. The smallest absolute Gasteiger partial charge is 0.123 e. The average molecular weight is 196 g/mol. The fraction of sp³-hybridized carbons (Fsp3) is 0.455. The minimum absolute atomic E-state index is 0.119. The quantitative estimate of drug-likeness (QED) is 0.656. The standard InChI is InChI=1S/C11H13FS/c1-7(13)9-4-8-2-3-11(12)6-10(8)5-9/h2-3,6-7,9,13H,4-5H2,1H3. The maximum atomic E-state index is 12.9. The highest BCUT2D eigenvalue weighted by molar-refractivity contribution is 7.80. The summed E-state index contributed by atoms with van der Waals surface area (Å²) >= 11 is 4.43. The van der Waals surface area contributed by atoms with Gasteiger partial charge in [-0.1, -0.05) is 13.0 Å². The van der Waals surface area contributed by atoms with Gasteiger partial charge in [-0.15, -0.1) is 0 Å². The zero-order valence-electron chi connectivity index (χ0n) is 7.63. The second-order valence-electron chi connectivity index (χ2n) is 3.82. The zero-order valence-corrected chi connectivity index (χ0v) is 8.52. The summed E-state index contributed by atoms with van der Waals surface area (Å²) in [7, 11) is 0. The molecule has 70 valence electrons. The number of thiol groups is 1. The van der Waals surface area contributed by atoms with Crippen LogP contribution < -0.4 is 0 Å². The van der Waals surface area contributed by atoms with Gasteiger partial charge in [0.2, 0.25) is 0 Å². The Bertz CT molecular complexity index is 320. The minimum atomic E-state index is -0.119. The number of halogens is 1. The van der Waals surface area contributed by atoms with E-state index in [1.807, 2.05) is 6.07 Å². The Labute approximate surface area is 83.6 Å². The third-order valence-corrected chi connectivity index (χ3v) is 3.24. The Hall–Kier alpha value is -0.500. The summed E-state index contributed by atoms with van der Waals surface area (Å²) in [6.45, 7) is 2.11. The summed E-state index contributed by atoms with van der Waals surface area (Å²) in [5.74, 6) is 0.464. The third-order valence-electron chi connectivity index (χ3n) is 2.81. The van der Waals surface area contributed by atoms with E-state index in [-0.39, 0.29) is 5.82 Å². The summed E-state index contributed by atoms with van der Waals surface area (Å²) in [4.78, 5) is 0. The van der Waals surface area contributed by atoms with E-state index in [0.717, 1.165) is 12.8 Å². The van der Waals surface area contributed by atoms with Gasteiger partial charge in [-0.3, -0.25) is 0 Å². The first-order valence-electron chi connectivity index (χ1n) is 4.62. The Balaban J connectivity index is 2.25. The topological polar surface area (TPSA) is 0 Å². The van der Waals surface area contributed by atoms with Crippen molar-refractivity contribution in [3.63, 3.8) is 0 Å². The van der Waals surface area contributed by atoms with Crippen LogP contribution in [0.1, 0.15) is 18.1 Å². The Morgan fingerprint density at radius 3 is 2.77 bits per heavy atom. The van der Waals surface area contributed by atoms with Crippen molar-refractivity contribution < 1.29 is 4.39 Å². The van der Waals surface area contributed by atoms with E-state index >= 15 is 0 Å². The summed E-state index contributed by atoms with van der Waals surface area (Å²) in [6.07, 6.45) is 2.04. The molecule has 1 aromatic carbocycles. The molecular weight excluding hydrogens is 183 g/mol. The number of hydrogen-bond acceptors (Lipinski definition) is 1. The third kappa shape index (κ3) is 1.73. The fourth-order valence-electron chi connectivity index (χ4n) is 1.96. The van der Waals surface area contributed by atoms with Gasteiger partial charge in [-0.05, 0) is 42.0 Å². The molecule has 0 aromatic heterocycles. The normalized spacial score (nSPS) is 22.8. The molecule has 1 aliphatic carbocycles. The SMILES string of the molecule is CC(S)C1Cc2ccc(F)cc2C1. The largest absolute Gasteiger partial charge is 0.207 e. The molecule has 2 atom stereocenters. The highest BCUT2D eigenvalue weighted by Gasteiger charge is 2.24. The molecule has 13 heavy (non-hydrogen) atoms. The Morgan fingerprint density at radius 1 is 1.38 bits per heavy atom. The van der Waals surface area contributed by atoms with E-state index in [2.05, 4.69) is 19.6 Å². The van der Waals surface area contributed by atoms with E-state index in [1.54, 1.807) is 12.1 Å². The summed E-state index contributed by atoms with van der Waals surface area (Å²) in [6, 6.07) is 5.11. The summed E-state index contributed by atoms with van der Waals surface area (Å²) < 4.78 is 12.9. The van der Waals surface area contributed by atoms with Gasteiger partial charge in [0.25, 0.3) is 0 Å². The molecule has 0 amide bonds. The average Bonchev–Trinajstić information content (AvgIpc) is 2.46. The minimum Gasteiger partial charge on any atom is -0.207 e. The maximum Gasteiger partial charge on any atom is 0.123 e. The van der Waals surface area contributed by atoms with Gasteiger partial charge in [0.1, 0.15) is 5.82 Å². The molecule has 0 saturated heterocycles. The second-order valence-corrected chi connectivity index (χ2v) is 4.64. The molecule has 0 spiro atoms. The Morgan fingerprint density at radius 2 is 2.08 bits per heavy atom. The molecule has 2 unspecified atom stereocenters. The zero-order chi connectivity index (χ0) is 9.42. The monoisotopic (exact) mass is 196 g/mol. The van der Waals surface area contributed by atoms with Crippen molar-refractivity contribution in [2.24, 2.45) is 5.92 Å². The molecule has 0 heterocycles. The molecule has 2 rings (SSSR count). The lowest BCUT2D eigenvalue weighted by Gasteiger charge is -2.11. The van der Waals surface area contributed by atoms with Crippen molar-refractivity contribution in [3.05, 3.63) is 35.1 Å². The highest BCUT2D eigenvalue weighted by atomic mass is 32.1. The first-order chi connectivity index (χ1) is 6.16. The lowest BCUT2D eigenvalue weighted by atomic mass is 10.0. The van der Waals surface area contributed by atoms with E-state index in [9.17, 15) is 4.39 Å². The van der Waals surface area contributed by atoms with Crippen LogP contribution in [0, 0.1) is 11.7 Å². The first kappa shape index (κ1) is 9.07. The van der Waals surface area contributed by atoms with Gasteiger partial charge in [0, 0.05) is 5.25 Å². The van der Waals surface area contributed by atoms with Gasteiger partial charge in [0.15, 0.2) is 0 Å². The molecule has 2 heteroatoms. The van der Waals surface area contributed by atoms with Crippen LogP contribution in [-0.2, 0) is 12.8 Å². The van der Waals surface area contributed by atoms with Crippen LogP contribution in [0.15, 0.2) is 18.2 Å². The number of hydrogen-bond donors (Lipinski definition) is 1. The Kier molecular flexibility index (Phi) is 2.33. The van der Waals surface area contributed by atoms with Gasteiger partial charge < -0.3 is 0 Å². The lowest BCUT2D eigenvalue weighted by Crippen LogP contribution is -2.10. The maximum absolute atomic E-state index is 12.9. The van der Waals surface area contributed by atoms with Crippen molar-refractivity contribution in [2.45, 2.75) is 25.0 Å². The van der Waals surface area contributed by atoms with Crippen LogP contribution in [0.3, 0.4) is 0 Å². The predicted molar refractivity (Wildman–Crippen MR) is 55.7 cm³/mol.